The van der Waals surface area contributed by atoms with Crippen molar-refractivity contribution in [3.63, 3.8) is 0 Å². The lowest BCUT2D eigenvalue weighted by atomic mass is 10.0. The number of imidazole rings is 1. The summed E-state index contributed by atoms with van der Waals surface area (Å²) in [5.41, 5.74) is 1.93. The second-order valence-corrected chi connectivity index (χ2v) is 5.26. The lowest BCUT2D eigenvalue weighted by molar-refractivity contribution is -0.137. The molecule has 1 N–H and O–H groups in total. The molecule has 1 atom stereocenters. The molecule has 0 aliphatic carbocycles. The van der Waals surface area contributed by atoms with Crippen molar-refractivity contribution in [3.8, 4) is 0 Å². The molecule has 2 aromatic heterocycles. The van der Waals surface area contributed by atoms with Crippen molar-refractivity contribution in [2.75, 3.05) is 0 Å². The zero-order valence-corrected chi connectivity index (χ0v) is 11.5. The van der Waals surface area contributed by atoms with Crippen LogP contribution < -0.4 is 0 Å². The van der Waals surface area contributed by atoms with Crippen molar-refractivity contribution in [2.45, 2.75) is 39.7 Å². The van der Waals surface area contributed by atoms with E-state index in [0.29, 0.717) is 12.5 Å². The van der Waals surface area contributed by atoms with E-state index >= 15 is 0 Å². The highest BCUT2D eigenvalue weighted by atomic mass is 16.4. The van der Waals surface area contributed by atoms with Crippen molar-refractivity contribution < 1.29 is 9.90 Å². The quantitative estimate of drug-likeness (QED) is 0.898. The number of rotatable bonds is 5. The number of pyridine rings is 1. The van der Waals surface area contributed by atoms with Gasteiger partial charge in [-0.15, -0.1) is 0 Å². The summed E-state index contributed by atoms with van der Waals surface area (Å²) in [5, 5.41) is 8.84. The Labute approximate surface area is 112 Å². The number of aliphatic carboxylic acids is 1. The molecule has 0 spiro atoms. The van der Waals surface area contributed by atoms with E-state index in [-0.39, 0.29) is 12.3 Å². The van der Waals surface area contributed by atoms with Crippen LogP contribution in [0.3, 0.4) is 0 Å². The molecule has 0 fully saturated rings. The summed E-state index contributed by atoms with van der Waals surface area (Å²) in [6.07, 6.45) is 4.34. The first-order valence-electron chi connectivity index (χ1n) is 6.51. The van der Waals surface area contributed by atoms with Gasteiger partial charge in [-0.05, 0) is 25.8 Å². The lowest BCUT2D eigenvalue weighted by Crippen LogP contribution is -2.13. The predicted octanol–water partition coefficient (Wildman–Crippen LogP) is 2.67. The minimum atomic E-state index is -0.763. The van der Waals surface area contributed by atoms with Crippen LogP contribution in [0.15, 0.2) is 18.5 Å². The molecule has 0 radical (unpaired) electrons. The fourth-order valence-corrected chi connectivity index (χ4v) is 2.40. The minimum Gasteiger partial charge on any atom is -0.481 e. The van der Waals surface area contributed by atoms with E-state index in [1.54, 1.807) is 12.4 Å². The Morgan fingerprint density at radius 1 is 1.42 bits per heavy atom. The maximum absolute atomic E-state index is 10.8. The van der Waals surface area contributed by atoms with E-state index in [0.717, 1.165) is 16.9 Å². The van der Waals surface area contributed by atoms with Crippen LogP contribution in [0.25, 0.3) is 11.0 Å². The topological polar surface area (TPSA) is 68.0 Å². The highest BCUT2D eigenvalue weighted by Gasteiger charge is 2.17. The van der Waals surface area contributed by atoms with Crippen molar-refractivity contribution >= 4 is 17.0 Å². The lowest BCUT2D eigenvalue weighted by Gasteiger charge is -2.15. The first-order valence-corrected chi connectivity index (χ1v) is 6.51. The molecule has 0 amide bonds. The van der Waals surface area contributed by atoms with Gasteiger partial charge in [0.2, 0.25) is 0 Å². The molecular formula is C14H19N3O2. The van der Waals surface area contributed by atoms with Gasteiger partial charge in [0, 0.05) is 25.1 Å². The molecule has 0 saturated heterocycles. The smallest absolute Gasteiger partial charge is 0.303 e. The maximum atomic E-state index is 10.8. The average Bonchev–Trinajstić information content (AvgIpc) is 2.64. The summed E-state index contributed by atoms with van der Waals surface area (Å²) >= 11 is 0. The number of carboxylic acids is 1. The SMILES string of the molecule is CC(CC(=O)O)Cc1nc2cnccc2n1C(C)C. The largest absolute Gasteiger partial charge is 0.481 e. The molecule has 1 unspecified atom stereocenters. The number of carbonyl (C=O) groups is 1. The first-order chi connectivity index (χ1) is 8.99. The fourth-order valence-electron chi connectivity index (χ4n) is 2.40. The molecule has 2 aromatic rings. The molecule has 0 aliphatic rings. The van der Waals surface area contributed by atoms with Gasteiger partial charge in [0.15, 0.2) is 0 Å². The van der Waals surface area contributed by atoms with E-state index < -0.39 is 5.97 Å². The van der Waals surface area contributed by atoms with Gasteiger partial charge in [-0.25, -0.2) is 4.98 Å². The van der Waals surface area contributed by atoms with Crippen LogP contribution in [0.2, 0.25) is 0 Å². The predicted molar refractivity (Wildman–Crippen MR) is 73.0 cm³/mol. The third kappa shape index (κ3) is 2.92. The van der Waals surface area contributed by atoms with Gasteiger partial charge in [0.1, 0.15) is 11.3 Å². The Kier molecular flexibility index (Phi) is 3.83. The normalized spacial score (nSPS) is 13.1. The number of fused-ring (bicyclic) bond motifs is 1. The number of aromatic nitrogens is 3. The highest BCUT2D eigenvalue weighted by molar-refractivity contribution is 5.75. The molecule has 5 nitrogen and oxygen atoms in total. The van der Waals surface area contributed by atoms with Gasteiger partial charge in [-0.2, -0.15) is 0 Å². The van der Waals surface area contributed by atoms with Crippen LogP contribution in [0.5, 0.6) is 0 Å². The summed E-state index contributed by atoms with van der Waals surface area (Å²) < 4.78 is 2.16. The highest BCUT2D eigenvalue weighted by Crippen LogP contribution is 2.22. The Morgan fingerprint density at radius 3 is 2.79 bits per heavy atom. The second-order valence-electron chi connectivity index (χ2n) is 5.26. The van der Waals surface area contributed by atoms with E-state index in [1.807, 2.05) is 13.0 Å². The number of carboxylic acid groups (broad SMARTS) is 1. The van der Waals surface area contributed by atoms with Crippen molar-refractivity contribution in [1.82, 2.24) is 14.5 Å². The fraction of sp³-hybridized carbons (Fsp3) is 0.500. The Hall–Kier alpha value is -1.91. The molecule has 5 heteroatoms. The molecule has 0 bridgehead atoms. The molecule has 0 aromatic carbocycles. The zero-order chi connectivity index (χ0) is 14.0. The third-order valence-corrected chi connectivity index (χ3v) is 3.14. The zero-order valence-electron chi connectivity index (χ0n) is 11.5. The number of nitrogens with zero attached hydrogens (tertiary/aromatic N) is 3. The second kappa shape index (κ2) is 5.38. The van der Waals surface area contributed by atoms with E-state index in [4.69, 9.17) is 5.11 Å². The molecule has 2 rings (SSSR count). The monoisotopic (exact) mass is 261 g/mol. The van der Waals surface area contributed by atoms with Crippen LogP contribution in [-0.2, 0) is 11.2 Å². The van der Waals surface area contributed by atoms with Gasteiger partial charge in [0.25, 0.3) is 0 Å². The Bertz CT molecular complexity index is 589. The van der Waals surface area contributed by atoms with Gasteiger partial charge >= 0.3 is 5.97 Å². The maximum Gasteiger partial charge on any atom is 0.303 e. The first kappa shape index (κ1) is 13.5. The van der Waals surface area contributed by atoms with Crippen molar-refractivity contribution in [3.05, 3.63) is 24.3 Å². The van der Waals surface area contributed by atoms with E-state index in [1.165, 1.54) is 0 Å². The molecule has 19 heavy (non-hydrogen) atoms. The number of hydrogen-bond acceptors (Lipinski definition) is 3. The summed E-state index contributed by atoms with van der Waals surface area (Å²) in [7, 11) is 0. The van der Waals surface area contributed by atoms with Crippen molar-refractivity contribution in [1.29, 1.82) is 0 Å². The summed E-state index contributed by atoms with van der Waals surface area (Å²) in [6.45, 7) is 6.15. The standard InChI is InChI=1S/C14H19N3O2/c1-9(2)17-12-4-5-15-8-11(12)16-13(17)6-10(3)7-14(18)19/h4-5,8-10H,6-7H2,1-3H3,(H,18,19). The van der Waals surface area contributed by atoms with E-state index in [9.17, 15) is 4.79 Å². The number of hydrogen-bond donors (Lipinski definition) is 1. The van der Waals surface area contributed by atoms with Gasteiger partial charge in [-0.3, -0.25) is 9.78 Å². The Morgan fingerprint density at radius 2 is 2.16 bits per heavy atom. The minimum absolute atomic E-state index is 0.0692. The third-order valence-electron chi connectivity index (χ3n) is 3.14. The molecule has 102 valence electrons. The van der Waals surface area contributed by atoms with Crippen LogP contribution in [0.1, 0.15) is 39.1 Å². The van der Waals surface area contributed by atoms with Crippen LogP contribution >= 0.6 is 0 Å². The van der Waals surface area contributed by atoms with E-state index in [2.05, 4.69) is 28.4 Å². The van der Waals surface area contributed by atoms with Crippen LogP contribution in [-0.4, -0.2) is 25.6 Å². The van der Waals surface area contributed by atoms with Gasteiger partial charge in [-0.1, -0.05) is 6.92 Å². The Balaban J connectivity index is 2.36. The van der Waals surface area contributed by atoms with Crippen LogP contribution in [0, 0.1) is 5.92 Å². The summed E-state index contributed by atoms with van der Waals surface area (Å²) in [6, 6.07) is 2.24. The van der Waals surface area contributed by atoms with Gasteiger partial charge in [0.05, 0.1) is 11.7 Å². The average molecular weight is 261 g/mol. The molecule has 0 saturated carbocycles. The molecular weight excluding hydrogens is 242 g/mol. The summed E-state index contributed by atoms with van der Waals surface area (Å²) in [5.74, 6) is 0.243. The molecule has 2 heterocycles. The van der Waals surface area contributed by atoms with Crippen molar-refractivity contribution in [2.24, 2.45) is 5.92 Å². The summed E-state index contributed by atoms with van der Waals surface area (Å²) in [4.78, 5) is 19.4. The van der Waals surface area contributed by atoms with Gasteiger partial charge < -0.3 is 9.67 Å². The van der Waals surface area contributed by atoms with Crippen LogP contribution in [0.4, 0.5) is 0 Å². The molecule has 0 aliphatic heterocycles.